The maximum atomic E-state index is 6.02. The number of rotatable bonds is 2. The lowest BCUT2D eigenvalue weighted by Crippen LogP contribution is -2.41. The Labute approximate surface area is 127 Å². The summed E-state index contributed by atoms with van der Waals surface area (Å²) >= 11 is 11.9. The van der Waals surface area contributed by atoms with Gasteiger partial charge in [0.25, 0.3) is 0 Å². The average molecular weight is 312 g/mol. The number of hydrogen-bond acceptors (Lipinski definition) is 4. The molecule has 20 heavy (non-hydrogen) atoms. The molecule has 0 aliphatic carbocycles. The van der Waals surface area contributed by atoms with Gasteiger partial charge in [-0.2, -0.15) is 4.98 Å². The minimum absolute atomic E-state index is 0.0975. The van der Waals surface area contributed by atoms with Crippen LogP contribution in [-0.2, 0) is 5.41 Å². The van der Waals surface area contributed by atoms with E-state index in [2.05, 4.69) is 22.4 Å². The van der Waals surface area contributed by atoms with E-state index in [0.29, 0.717) is 21.8 Å². The van der Waals surface area contributed by atoms with Gasteiger partial charge in [-0.15, -0.1) is 0 Å². The fourth-order valence-corrected chi connectivity index (χ4v) is 2.76. The normalized spacial score (nSPS) is 22.9. The molecule has 2 heterocycles. The molecule has 1 atom stereocenters. The topological polar surface area (TPSA) is 51.0 Å². The molecule has 1 saturated heterocycles. The minimum Gasteiger partial charge on any atom is -0.338 e. The van der Waals surface area contributed by atoms with Crippen molar-refractivity contribution >= 4 is 23.2 Å². The third-order valence-corrected chi connectivity index (χ3v) is 4.46. The first-order valence-corrected chi connectivity index (χ1v) is 7.34. The van der Waals surface area contributed by atoms with Gasteiger partial charge in [-0.05, 0) is 44.5 Å². The van der Waals surface area contributed by atoms with Crippen molar-refractivity contribution in [3.8, 4) is 11.4 Å². The molecule has 1 aliphatic rings. The lowest BCUT2D eigenvalue weighted by Gasteiger charge is -2.30. The lowest BCUT2D eigenvalue weighted by atomic mass is 9.83. The number of benzene rings is 1. The highest BCUT2D eigenvalue weighted by molar-refractivity contribution is 6.42. The third-order valence-electron chi connectivity index (χ3n) is 3.72. The van der Waals surface area contributed by atoms with E-state index in [1.165, 1.54) is 0 Å². The van der Waals surface area contributed by atoms with E-state index in [1.807, 2.05) is 6.07 Å². The zero-order valence-corrected chi connectivity index (χ0v) is 12.6. The van der Waals surface area contributed by atoms with Crippen molar-refractivity contribution in [3.05, 3.63) is 34.1 Å². The predicted octanol–water partition coefficient (Wildman–Crippen LogP) is 3.68. The average Bonchev–Trinajstić information content (AvgIpc) is 2.93. The van der Waals surface area contributed by atoms with Crippen LogP contribution in [0.25, 0.3) is 11.4 Å². The van der Waals surface area contributed by atoms with Crippen molar-refractivity contribution in [1.82, 2.24) is 15.5 Å². The first-order valence-electron chi connectivity index (χ1n) is 6.59. The molecule has 1 fully saturated rings. The third kappa shape index (κ3) is 2.55. The standard InChI is InChI=1S/C14H15Cl2N3O/c1-14(5-2-6-17-8-14)13-18-12(19-20-13)9-3-4-10(15)11(16)7-9/h3-4,7,17H,2,5-6,8H2,1H3. The highest BCUT2D eigenvalue weighted by atomic mass is 35.5. The fourth-order valence-electron chi connectivity index (χ4n) is 2.46. The van der Waals surface area contributed by atoms with Gasteiger partial charge in [0.15, 0.2) is 0 Å². The summed E-state index contributed by atoms with van der Waals surface area (Å²) in [6.45, 7) is 4.05. The minimum atomic E-state index is -0.0975. The number of aromatic nitrogens is 2. The summed E-state index contributed by atoms with van der Waals surface area (Å²) in [5, 5.41) is 8.44. The Balaban J connectivity index is 1.91. The van der Waals surface area contributed by atoms with Gasteiger partial charge >= 0.3 is 0 Å². The van der Waals surface area contributed by atoms with Crippen molar-refractivity contribution in [2.24, 2.45) is 0 Å². The van der Waals surface area contributed by atoms with Gasteiger partial charge in [0.2, 0.25) is 11.7 Å². The van der Waals surface area contributed by atoms with Crippen molar-refractivity contribution in [2.45, 2.75) is 25.2 Å². The van der Waals surface area contributed by atoms with Crippen LogP contribution in [0, 0.1) is 0 Å². The van der Waals surface area contributed by atoms with Gasteiger partial charge in [0.1, 0.15) is 0 Å². The van der Waals surface area contributed by atoms with Crippen molar-refractivity contribution in [2.75, 3.05) is 13.1 Å². The summed E-state index contributed by atoms with van der Waals surface area (Å²) < 4.78 is 5.45. The van der Waals surface area contributed by atoms with Crippen LogP contribution < -0.4 is 5.32 Å². The van der Waals surface area contributed by atoms with Crippen LogP contribution in [0.4, 0.5) is 0 Å². The largest absolute Gasteiger partial charge is 0.338 e. The number of piperidine rings is 1. The predicted molar refractivity (Wildman–Crippen MR) is 79.2 cm³/mol. The first kappa shape index (κ1) is 13.9. The Bertz CT molecular complexity index is 621. The zero-order valence-electron chi connectivity index (χ0n) is 11.1. The quantitative estimate of drug-likeness (QED) is 0.919. The SMILES string of the molecule is CC1(c2nc(-c3ccc(Cl)c(Cl)c3)no2)CCCNC1. The van der Waals surface area contributed by atoms with E-state index in [9.17, 15) is 0 Å². The molecule has 1 aliphatic heterocycles. The van der Waals surface area contributed by atoms with Crippen LogP contribution in [0.15, 0.2) is 22.7 Å². The fraction of sp³-hybridized carbons (Fsp3) is 0.429. The Morgan fingerprint density at radius 2 is 2.15 bits per heavy atom. The molecule has 2 aromatic rings. The number of nitrogens with one attached hydrogen (secondary N) is 1. The molecular formula is C14H15Cl2N3O. The maximum Gasteiger partial charge on any atom is 0.234 e. The summed E-state index contributed by atoms with van der Waals surface area (Å²) in [5.41, 5.74) is 0.710. The second-order valence-corrected chi connectivity index (χ2v) is 6.21. The lowest BCUT2D eigenvalue weighted by molar-refractivity contribution is 0.245. The van der Waals surface area contributed by atoms with Crippen LogP contribution >= 0.6 is 23.2 Å². The number of hydrogen-bond donors (Lipinski definition) is 1. The van der Waals surface area contributed by atoms with Gasteiger partial charge in [-0.1, -0.05) is 28.4 Å². The van der Waals surface area contributed by atoms with E-state index in [1.54, 1.807) is 12.1 Å². The van der Waals surface area contributed by atoms with Crippen LogP contribution in [0.5, 0.6) is 0 Å². The van der Waals surface area contributed by atoms with Crippen molar-refractivity contribution in [1.29, 1.82) is 0 Å². The molecule has 0 saturated carbocycles. The van der Waals surface area contributed by atoms with Gasteiger partial charge in [-0.3, -0.25) is 0 Å². The van der Waals surface area contributed by atoms with Crippen molar-refractivity contribution in [3.63, 3.8) is 0 Å². The smallest absolute Gasteiger partial charge is 0.234 e. The second kappa shape index (κ2) is 5.35. The zero-order chi connectivity index (χ0) is 14.2. The van der Waals surface area contributed by atoms with E-state index in [0.717, 1.165) is 31.5 Å². The van der Waals surface area contributed by atoms with Crippen LogP contribution in [0.1, 0.15) is 25.7 Å². The Morgan fingerprint density at radius 1 is 1.30 bits per heavy atom. The summed E-state index contributed by atoms with van der Waals surface area (Å²) in [6, 6.07) is 5.32. The molecule has 0 bridgehead atoms. The summed E-state index contributed by atoms with van der Waals surface area (Å²) in [4.78, 5) is 4.53. The second-order valence-electron chi connectivity index (χ2n) is 5.39. The Kier molecular flexibility index (Phi) is 3.71. The molecule has 0 radical (unpaired) electrons. The summed E-state index contributed by atoms with van der Waals surface area (Å²) in [7, 11) is 0. The van der Waals surface area contributed by atoms with Gasteiger partial charge in [0, 0.05) is 12.1 Å². The monoisotopic (exact) mass is 311 g/mol. The van der Waals surface area contributed by atoms with E-state index < -0.39 is 0 Å². The summed E-state index contributed by atoms with van der Waals surface area (Å²) in [5.74, 6) is 1.22. The molecule has 106 valence electrons. The number of halogens is 2. The van der Waals surface area contributed by atoms with Gasteiger partial charge < -0.3 is 9.84 Å². The molecule has 1 unspecified atom stereocenters. The highest BCUT2D eigenvalue weighted by Crippen LogP contribution is 2.32. The Morgan fingerprint density at radius 3 is 2.85 bits per heavy atom. The first-order chi connectivity index (χ1) is 9.58. The molecule has 4 nitrogen and oxygen atoms in total. The molecule has 6 heteroatoms. The van der Waals surface area contributed by atoms with Crippen molar-refractivity contribution < 1.29 is 4.52 Å². The van der Waals surface area contributed by atoms with Gasteiger partial charge in [-0.25, -0.2) is 0 Å². The molecule has 1 aromatic carbocycles. The molecule has 0 amide bonds. The van der Waals surface area contributed by atoms with Crippen LogP contribution in [0.2, 0.25) is 10.0 Å². The van der Waals surface area contributed by atoms with Crippen LogP contribution in [-0.4, -0.2) is 23.2 Å². The summed E-state index contributed by atoms with van der Waals surface area (Å²) in [6.07, 6.45) is 2.16. The highest BCUT2D eigenvalue weighted by Gasteiger charge is 2.34. The van der Waals surface area contributed by atoms with E-state index in [-0.39, 0.29) is 5.41 Å². The maximum absolute atomic E-state index is 6.02. The van der Waals surface area contributed by atoms with Gasteiger partial charge in [0.05, 0.1) is 15.5 Å². The Hall–Kier alpha value is -1.10. The number of nitrogens with zero attached hydrogens (tertiary/aromatic N) is 2. The molecule has 0 spiro atoms. The molecular weight excluding hydrogens is 297 g/mol. The van der Waals surface area contributed by atoms with E-state index >= 15 is 0 Å². The van der Waals surface area contributed by atoms with Crippen LogP contribution in [0.3, 0.4) is 0 Å². The molecule has 3 rings (SSSR count). The molecule has 1 aromatic heterocycles. The van der Waals surface area contributed by atoms with E-state index in [4.69, 9.17) is 27.7 Å². The molecule has 1 N–H and O–H groups in total.